The van der Waals surface area contributed by atoms with Gasteiger partial charge in [-0.1, -0.05) is 48.5 Å². The van der Waals surface area contributed by atoms with Gasteiger partial charge in [-0.2, -0.15) is 5.10 Å². The molecule has 0 fully saturated rings. The summed E-state index contributed by atoms with van der Waals surface area (Å²) in [6.45, 7) is 2.81. The molecule has 31 heavy (non-hydrogen) atoms. The third-order valence-corrected chi connectivity index (χ3v) is 4.89. The lowest BCUT2D eigenvalue weighted by molar-refractivity contribution is -0.117. The summed E-state index contributed by atoms with van der Waals surface area (Å²) in [4.78, 5) is 18.7. The van der Waals surface area contributed by atoms with Crippen LogP contribution in [0.5, 0.6) is 0 Å². The number of aryl methyl sites for hydroxylation is 1. The van der Waals surface area contributed by atoms with Crippen LogP contribution in [-0.2, 0) is 11.3 Å². The number of benzene rings is 2. The minimum Gasteiger partial charge on any atom is -0.310 e. The minimum atomic E-state index is -0.0997. The van der Waals surface area contributed by atoms with Gasteiger partial charge in [0.15, 0.2) is 0 Å². The van der Waals surface area contributed by atoms with Gasteiger partial charge in [-0.25, -0.2) is 9.67 Å². The van der Waals surface area contributed by atoms with Gasteiger partial charge in [0.2, 0.25) is 5.91 Å². The normalized spacial score (nSPS) is 10.9. The number of carbonyl (C=O) groups is 1. The first-order chi connectivity index (χ1) is 15.1. The van der Waals surface area contributed by atoms with Crippen molar-refractivity contribution >= 4 is 11.7 Å². The zero-order valence-electron chi connectivity index (χ0n) is 17.7. The molecular weight excluding hydrogens is 386 g/mol. The Hall–Kier alpha value is -3.77. The summed E-state index contributed by atoms with van der Waals surface area (Å²) >= 11 is 0. The quantitative estimate of drug-likeness (QED) is 0.492. The lowest BCUT2D eigenvalue weighted by Gasteiger charge is -2.16. The van der Waals surface area contributed by atoms with Gasteiger partial charge in [0.1, 0.15) is 5.82 Å². The molecule has 6 heteroatoms. The third kappa shape index (κ3) is 5.24. The number of carbonyl (C=O) groups excluding carboxylic acids is 1. The Labute approximate surface area is 182 Å². The van der Waals surface area contributed by atoms with Gasteiger partial charge in [0.25, 0.3) is 0 Å². The maximum atomic E-state index is 12.5. The van der Waals surface area contributed by atoms with Crippen LogP contribution >= 0.6 is 0 Å². The number of likely N-dealkylation sites (N-methyl/N-ethyl adjacent to an activating group) is 1. The molecule has 156 valence electrons. The van der Waals surface area contributed by atoms with Gasteiger partial charge < -0.3 is 5.32 Å². The van der Waals surface area contributed by atoms with Gasteiger partial charge >= 0.3 is 0 Å². The average molecular weight is 412 g/mol. The topological polar surface area (TPSA) is 63.1 Å². The fourth-order valence-electron chi connectivity index (χ4n) is 3.46. The van der Waals surface area contributed by atoms with Crippen molar-refractivity contribution in [2.24, 2.45) is 0 Å². The molecule has 0 aliphatic heterocycles. The van der Waals surface area contributed by atoms with E-state index < -0.39 is 0 Å². The summed E-state index contributed by atoms with van der Waals surface area (Å²) in [5.74, 6) is 0.470. The van der Waals surface area contributed by atoms with E-state index in [0.717, 1.165) is 28.1 Å². The first kappa shape index (κ1) is 20.5. The number of nitrogens with one attached hydrogen (secondary N) is 1. The first-order valence-electron chi connectivity index (χ1n) is 10.2. The average Bonchev–Trinajstić information content (AvgIpc) is 3.18. The van der Waals surface area contributed by atoms with E-state index in [1.165, 1.54) is 0 Å². The number of para-hydroxylation sites is 1. The van der Waals surface area contributed by atoms with E-state index >= 15 is 0 Å². The maximum Gasteiger partial charge on any atom is 0.239 e. The highest BCUT2D eigenvalue weighted by molar-refractivity contribution is 5.91. The number of nitrogens with zero attached hydrogens (tertiary/aromatic N) is 4. The molecule has 0 radical (unpaired) electrons. The number of hydrogen-bond donors (Lipinski definition) is 1. The SMILES string of the molecule is Cc1ccnc(NC(=O)CN(C)Cc2cn(-c3ccccc3)nc2-c2ccccc2)c1. The molecule has 4 rings (SSSR count). The standard InChI is InChI=1S/C25H25N5O/c1-19-13-14-26-23(15-19)27-24(31)18-29(2)16-21-17-30(22-11-7-4-8-12-22)28-25(21)20-9-5-3-6-10-20/h3-15,17H,16,18H2,1-2H3,(H,26,27,31). The Balaban J connectivity index is 1.52. The zero-order valence-corrected chi connectivity index (χ0v) is 17.7. The van der Waals surface area contributed by atoms with Crippen molar-refractivity contribution < 1.29 is 4.79 Å². The molecule has 0 aliphatic rings. The molecule has 1 amide bonds. The molecule has 6 nitrogen and oxygen atoms in total. The van der Waals surface area contributed by atoms with Gasteiger partial charge in [0, 0.05) is 30.1 Å². The van der Waals surface area contributed by atoms with Gasteiger partial charge in [-0.3, -0.25) is 9.69 Å². The molecule has 2 aromatic heterocycles. The molecule has 0 atom stereocenters. The summed E-state index contributed by atoms with van der Waals surface area (Å²) in [5, 5.41) is 7.70. The van der Waals surface area contributed by atoms with Crippen molar-refractivity contribution in [3.05, 3.63) is 96.3 Å². The highest BCUT2D eigenvalue weighted by atomic mass is 16.2. The molecule has 0 unspecified atom stereocenters. The van der Waals surface area contributed by atoms with E-state index in [0.29, 0.717) is 12.4 Å². The van der Waals surface area contributed by atoms with E-state index in [2.05, 4.69) is 22.4 Å². The van der Waals surface area contributed by atoms with Crippen molar-refractivity contribution in [1.29, 1.82) is 0 Å². The minimum absolute atomic E-state index is 0.0997. The molecule has 0 spiro atoms. The van der Waals surface area contributed by atoms with Gasteiger partial charge in [0.05, 0.1) is 17.9 Å². The van der Waals surface area contributed by atoms with E-state index in [1.54, 1.807) is 6.20 Å². The number of pyridine rings is 1. The Morgan fingerprint density at radius 1 is 1.03 bits per heavy atom. The van der Waals surface area contributed by atoms with Crippen molar-refractivity contribution in [3.63, 3.8) is 0 Å². The molecule has 2 aromatic carbocycles. The molecule has 0 aliphatic carbocycles. The predicted octanol–water partition coefficient (Wildman–Crippen LogP) is 4.31. The molecular formula is C25H25N5O. The Bertz CT molecular complexity index is 1160. The van der Waals surface area contributed by atoms with Crippen molar-refractivity contribution in [3.8, 4) is 16.9 Å². The second-order valence-electron chi connectivity index (χ2n) is 7.59. The number of anilines is 1. The maximum absolute atomic E-state index is 12.5. The van der Waals surface area contributed by atoms with E-state index in [-0.39, 0.29) is 12.5 Å². The summed E-state index contributed by atoms with van der Waals surface area (Å²) in [6, 6.07) is 23.9. The molecule has 0 saturated carbocycles. The van der Waals surface area contributed by atoms with Gasteiger partial charge in [-0.15, -0.1) is 0 Å². The summed E-state index contributed by atoms with van der Waals surface area (Å²) in [6.07, 6.45) is 3.73. The third-order valence-electron chi connectivity index (χ3n) is 4.89. The van der Waals surface area contributed by atoms with Crippen LogP contribution in [0, 0.1) is 6.92 Å². The molecule has 0 bridgehead atoms. The highest BCUT2D eigenvalue weighted by Crippen LogP contribution is 2.24. The Kier molecular flexibility index (Phi) is 6.19. The molecule has 1 N–H and O–H groups in total. The van der Waals surface area contributed by atoms with Crippen LogP contribution in [0.15, 0.2) is 85.2 Å². The van der Waals surface area contributed by atoms with Crippen LogP contribution in [-0.4, -0.2) is 39.2 Å². The van der Waals surface area contributed by atoms with Crippen molar-refractivity contribution in [1.82, 2.24) is 19.7 Å². The van der Waals surface area contributed by atoms with E-state index in [1.807, 2.05) is 90.4 Å². The predicted molar refractivity (Wildman–Crippen MR) is 123 cm³/mol. The zero-order chi connectivity index (χ0) is 21.6. The lowest BCUT2D eigenvalue weighted by atomic mass is 10.1. The van der Waals surface area contributed by atoms with Crippen LogP contribution in [0.3, 0.4) is 0 Å². The number of aromatic nitrogens is 3. The fourth-order valence-corrected chi connectivity index (χ4v) is 3.46. The summed E-state index contributed by atoms with van der Waals surface area (Å²) < 4.78 is 1.89. The largest absolute Gasteiger partial charge is 0.310 e. The first-order valence-corrected chi connectivity index (χ1v) is 10.2. The number of hydrogen-bond acceptors (Lipinski definition) is 4. The van der Waals surface area contributed by atoms with Crippen LogP contribution in [0.4, 0.5) is 5.82 Å². The monoisotopic (exact) mass is 411 g/mol. The Morgan fingerprint density at radius 3 is 2.45 bits per heavy atom. The van der Waals surface area contributed by atoms with Crippen LogP contribution in [0.2, 0.25) is 0 Å². The molecule has 2 heterocycles. The van der Waals surface area contributed by atoms with Crippen LogP contribution < -0.4 is 5.32 Å². The highest BCUT2D eigenvalue weighted by Gasteiger charge is 2.16. The second kappa shape index (κ2) is 9.36. The summed E-state index contributed by atoms with van der Waals surface area (Å²) in [5.41, 5.74) is 5.07. The van der Waals surface area contributed by atoms with Crippen molar-refractivity contribution in [2.75, 3.05) is 18.9 Å². The van der Waals surface area contributed by atoms with E-state index in [9.17, 15) is 4.79 Å². The molecule has 0 saturated heterocycles. The van der Waals surface area contributed by atoms with Crippen molar-refractivity contribution in [2.45, 2.75) is 13.5 Å². The number of rotatable bonds is 7. The smallest absolute Gasteiger partial charge is 0.239 e. The second-order valence-corrected chi connectivity index (χ2v) is 7.59. The summed E-state index contributed by atoms with van der Waals surface area (Å²) in [7, 11) is 1.93. The van der Waals surface area contributed by atoms with Gasteiger partial charge in [-0.05, 0) is 43.8 Å². The Morgan fingerprint density at radius 2 is 1.74 bits per heavy atom. The van der Waals surface area contributed by atoms with E-state index in [4.69, 9.17) is 5.10 Å². The van der Waals surface area contributed by atoms with Crippen LogP contribution in [0.1, 0.15) is 11.1 Å². The molecule has 4 aromatic rings. The van der Waals surface area contributed by atoms with Crippen LogP contribution in [0.25, 0.3) is 16.9 Å². The lowest BCUT2D eigenvalue weighted by Crippen LogP contribution is -2.30. The fraction of sp³-hybridized carbons (Fsp3) is 0.160. The number of amides is 1.